The molecular weight excluding hydrogens is 368 g/mol. The molecule has 0 atom stereocenters. The lowest BCUT2D eigenvalue weighted by Gasteiger charge is -2.36. The third-order valence-corrected chi connectivity index (χ3v) is 6.69. The van der Waals surface area contributed by atoms with Gasteiger partial charge in [0.15, 0.2) is 5.65 Å². The molecule has 3 aromatic rings. The summed E-state index contributed by atoms with van der Waals surface area (Å²) in [6.45, 7) is 16.6. The Labute approximate surface area is 181 Å². The van der Waals surface area contributed by atoms with E-state index in [0.29, 0.717) is 6.04 Å². The number of aromatic nitrogens is 3. The van der Waals surface area contributed by atoms with Gasteiger partial charge in [-0.25, -0.2) is 9.97 Å². The summed E-state index contributed by atoms with van der Waals surface area (Å²) in [5.41, 5.74) is 9.05. The van der Waals surface area contributed by atoms with Gasteiger partial charge in [0.05, 0.1) is 11.1 Å². The summed E-state index contributed by atoms with van der Waals surface area (Å²) >= 11 is 0. The van der Waals surface area contributed by atoms with Gasteiger partial charge in [-0.2, -0.15) is 0 Å². The molecule has 0 spiro atoms. The Morgan fingerprint density at radius 2 is 1.57 bits per heavy atom. The molecule has 0 bridgehead atoms. The predicted octanol–water partition coefficient (Wildman–Crippen LogP) is 6.29. The van der Waals surface area contributed by atoms with Crippen LogP contribution in [0, 0.1) is 34.6 Å². The van der Waals surface area contributed by atoms with Crippen molar-refractivity contribution in [1.82, 2.24) is 14.5 Å². The van der Waals surface area contributed by atoms with Crippen molar-refractivity contribution in [3.05, 3.63) is 45.9 Å². The average molecular weight is 405 g/mol. The number of hydrogen-bond acceptors (Lipinski definition) is 3. The maximum atomic E-state index is 5.01. The number of anilines is 1. The highest BCUT2D eigenvalue weighted by Gasteiger charge is 2.31. The van der Waals surface area contributed by atoms with E-state index in [1.807, 2.05) is 6.92 Å². The number of benzene rings is 1. The maximum absolute atomic E-state index is 5.01. The molecule has 4 nitrogen and oxygen atoms in total. The van der Waals surface area contributed by atoms with Gasteiger partial charge >= 0.3 is 0 Å². The molecule has 0 saturated heterocycles. The van der Waals surface area contributed by atoms with E-state index in [4.69, 9.17) is 9.97 Å². The zero-order valence-corrected chi connectivity index (χ0v) is 19.8. The lowest BCUT2D eigenvalue weighted by Crippen LogP contribution is -2.39. The Morgan fingerprint density at radius 3 is 2.17 bits per heavy atom. The van der Waals surface area contributed by atoms with E-state index in [0.717, 1.165) is 30.3 Å². The van der Waals surface area contributed by atoms with E-state index < -0.39 is 0 Å². The second kappa shape index (κ2) is 8.05. The van der Waals surface area contributed by atoms with Crippen LogP contribution in [0.4, 0.5) is 5.82 Å². The fourth-order valence-electron chi connectivity index (χ4n) is 5.58. The monoisotopic (exact) mass is 404 g/mol. The minimum atomic E-state index is 0.567. The van der Waals surface area contributed by atoms with Gasteiger partial charge in [-0.3, -0.25) is 4.57 Å². The molecule has 0 saturated carbocycles. The van der Waals surface area contributed by atoms with Crippen molar-refractivity contribution in [3.63, 3.8) is 0 Å². The van der Waals surface area contributed by atoms with Crippen LogP contribution in [0.2, 0.25) is 0 Å². The van der Waals surface area contributed by atoms with Gasteiger partial charge in [0, 0.05) is 18.3 Å². The summed E-state index contributed by atoms with van der Waals surface area (Å²) in [4.78, 5) is 12.6. The average Bonchev–Trinajstić information content (AvgIpc) is 2.94. The van der Waals surface area contributed by atoms with Crippen molar-refractivity contribution in [1.29, 1.82) is 0 Å². The molecule has 0 amide bonds. The summed E-state index contributed by atoms with van der Waals surface area (Å²) in [7, 11) is 0. The van der Waals surface area contributed by atoms with Crippen LogP contribution in [0.3, 0.4) is 0 Å². The van der Waals surface area contributed by atoms with Crippen LogP contribution in [0.5, 0.6) is 0 Å². The molecular formula is C26H36N4. The molecule has 1 aliphatic heterocycles. The Bertz CT molecular complexity index is 1060. The molecule has 0 unspecified atom stereocenters. The fraction of sp³-hybridized carbons (Fsp3) is 0.538. The van der Waals surface area contributed by atoms with Crippen LogP contribution in [-0.2, 0) is 6.42 Å². The van der Waals surface area contributed by atoms with E-state index in [2.05, 4.69) is 63.1 Å². The predicted molar refractivity (Wildman–Crippen MR) is 127 cm³/mol. The molecule has 1 aromatic carbocycles. The van der Waals surface area contributed by atoms with Crippen molar-refractivity contribution in [2.75, 3.05) is 11.4 Å². The first-order chi connectivity index (χ1) is 14.4. The van der Waals surface area contributed by atoms with E-state index in [1.54, 1.807) is 0 Å². The van der Waals surface area contributed by atoms with Crippen molar-refractivity contribution in [2.24, 2.45) is 0 Å². The van der Waals surface area contributed by atoms with Gasteiger partial charge < -0.3 is 4.90 Å². The number of hydrogen-bond donors (Lipinski definition) is 0. The minimum absolute atomic E-state index is 0.567. The van der Waals surface area contributed by atoms with Crippen LogP contribution in [0.1, 0.15) is 73.3 Å². The van der Waals surface area contributed by atoms with Crippen molar-refractivity contribution >= 4 is 16.9 Å². The summed E-state index contributed by atoms with van der Waals surface area (Å²) in [6.07, 6.45) is 5.95. The molecule has 4 heteroatoms. The van der Waals surface area contributed by atoms with Crippen molar-refractivity contribution < 1.29 is 0 Å². The number of nitrogens with zero attached hydrogens (tertiary/aromatic N) is 4. The van der Waals surface area contributed by atoms with Gasteiger partial charge in [0.2, 0.25) is 0 Å². The number of aryl methyl sites for hydroxylation is 4. The maximum Gasteiger partial charge on any atom is 0.150 e. The zero-order valence-electron chi connectivity index (χ0n) is 19.8. The standard InChI is InChI=1S/C26H36N4/c1-8-10-21(11-9-2)29-13-12-22-19(6)30(24-17(4)14-16(3)15-18(24)5)26-23(22)25(29)27-20(7)28-26/h14-15,21H,8-13H2,1-7H3. The first-order valence-corrected chi connectivity index (χ1v) is 11.6. The first-order valence-electron chi connectivity index (χ1n) is 11.6. The summed E-state index contributed by atoms with van der Waals surface area (Å²) in [5.74, 6) is 2.03. The van der Waals surface area contributed by atoms with Gasteiger partial charge in [0.25, 0.3) is 0 Å². The Hall–Kier alpha value is -2.36. The lowest BCUT2D eigenvalue weighted by atomic mass is 9.99. The van der Waals surface area contributed by atoms with Crippen molar-refractivity contribution in [2.45, 2.75) is 86.6 Å². The van der Waals surface area contributed by atoms with Crippen molar-refractivity contribution in [3.8, 4) is 5.69 Å². The number of rotatable bonds is 6. The van der Waals surface area contributed by atoms with Crippen LogP contribution in [0.25, 0.3) is 16.7 Å². The zero-order chi connectivity index (χ0) is 21.6. The van der Waals surface area contributed by atoms with Gasteiger partial charge in [-0.1, -0.05) is 44.4 Å². The quantitative estimate of drug-likeness (QED) is 0.484. The molecule has 2 aromatic heterocycles. The third-order valence-electron chi connectivity index (χ3n) is 6.69. The minimum Gasteiger partial charge on any atom is -0.353 e. The van der Waals surface area contributed by atoms with Gasteiger partial charge in [-0.15, -0.1) is 0 Å². The first kappa shape index (κ1) is 20.9. The molecule has 0 radical (unpaired) electrons. The van der Waals surface area contributed by atoms with Crippen LogP contribution >= 0.6 is 0 Å². The molecule has 0 fully saturated rings. The third kappa shape index (κ3) is 3.30. The van der Waals surface area contributed by atoms with E-state index >= 15 is 0 Å². The highest BCUT2D eigenvalue weighted by atomic mass is 15.2. The molecule has 0 aliphatic carbocycles. The molecule has 160 valence electrons. The molecule has 4 rings (SSSR count). The Kier molecular flexibility index (Phi) is 5.61. The van der Waals surface area contributed by atoms with E-state index in [9.17, 15) is 0 Å². The molecule has 0 N–H and O–H groups in total. The summed E-state index contributed by atoms with van der Waals surface area (Å²) in [6, 6.07) is 5.14. The van der Waals surface area contributed by atoms with E-state index in [1.165, 1.54) is 64.7 Å². The Morgan fingerprint density at radius 1 is 0.933 bits per heavy atom. The summed E-state index contributed by atoms with van der Waals surface area (Å²) < 4.78 is 2.41. The summed E-state index contributed by atoms with van der Waals surface area (Å²) in [5, 5.41) is 1.28. The normalized spacial score (nSPS) is 13.7. The SMILES string of the molecule is CCCC(CCC)N1CCc2c(C)n(-c3c(C)cc(C)cc3C)c3nc(C)nc1c23. The fourth-order valence-corrected chi connectivity index (χ4v) is 5.58. The van der Waals surface area contributed by atoms with Crippen LogP contribution < -0.4 is 4.90 Å². The highest BCUT2D eigenvalue weighted by Crippen LogP contribution is 2.40. The molecule has 30 heavy (non-hydrogen) atoms. The molecule has 3 heterocycles. The second-order valence-electron chi connectivity index (χ2n) is 9.11. The lowest BCUT2D eigenvalue weighted by molar-refractivity contribution is 0.498. The molecule has 1 aliphatic rings. The largest absolute Gasteiger partial charge is 0.353 e. The highest BCUT2D eigenvalue weighted by molar-refractivity contribution is 5.95. The topological polar surface area (TPSA) is 34.0 Å². The smallest absolute Gasteiger partial charge is 0.150 e. The van der Waals surface area contributed by atoms with Crippen LogP contribution in [-0.4, -0.2) is 27.1 Å². The van der Waals surface area contributed by atoms with Gasteiger partial charge in [-0.05, 0) is 70.6 Å². The van der Waals surface area contributed by atoms with E-state index in [-0.39, 0.29) is 0 Å². The Balaban J connectivity index is 1.99. The van der Waals surface area contributed by atoms with Gasteiger partial charge in [0.1, 0.15) is 11.6 Å². The second-order valence-corrected chi connectivity index (χ2v) is 9.11. The van der Waals surface area contributed by atoms with Crippen LogP contribution in [0.15, 0.2) is 12.1 Å².